The van der Waals surface area contributed by atoms with Crippen molar-refractivity contribution in [3.8, 4) is 0 Å². The summed E-state index contributed by atoms with van der Waals surface area (Å²) in [7, 11) is 0. The lowest BCUT2D eigenvalue weighted by atomic mass is 10.00. The monoisotopic (exact) mass is 349 g/mol. The molecule has 1 aliphatic rings. The van der Waals surface area contributed by atoms with Gasteiger partial charge in [0.15, 0.2) is 0 Å². The molecule has 3 rings (SSSR count). The van der Waals surface area contributed by atoms with E-state index >= 15 is 0 Å². The van der Waals surface area contributed by atoms with Crippen LogP contribution in [0.2, 0.25) is 0 Å². The number of rotatable bonds is 8. The third kappa shape index (κ3) is 4.17. The molecule has 0 saturated carbocycles. The van der Waals surface area contributed by atoms with Gasteiger partial charge in [-0.15, -0.1) is 0 Å². The van der Waals surface area contributed by atoms with Crippen LogP contribution >= 0.6 is 0 Å². The summed E-state index contributed by atoms with van der Waals surface area (Å²) >= 11 is 0. The molecule has 0 radical (unpaired) electrons. The zero-order valence-corrected chi connectivity index (χ0v) is 16.3. The number of anilines is 2. The van der Waals surface area contributed by atoms with E-state index in [1.807, 2.05) is 6.07 Å². The number of unbranched alkanes of at least 4 members (excludes halogenated alkanes) is 3. The molecule has 26 heavy (non-hydrogen) atoms. The Kier molecular flexibility index (Phi) is 6.49. The minimum Gasteiger partial charge on any atom is -0.341 e. The zero-order valence-electron chi connectivity index (χ0n) is 16.3. The van der Waals surface area contributed by atoms with Gasteiger partial charge in [0, 0.05) is 23.5 Å². The number of carbonyl (C=O) groups is 1. The highest BCUT2D eigenvalue weighted by molar-refractivity contribution is 5.79. The van der Waals surface area contributed by atoms with Gasteiger partial charge >= 0.3 is 0 Å². The molecule has 0 aromatic heterocycles. The van der Waals surface area contributed by atoms with Crippen molar-refractivity contribution in [2.24, 2.45) is 0 Å². The molecule has 0 aliphatic carbocycles. The van der Waals surface area contributed by atoms with Crippen molar-refractivity contribution in [1.82, 2.24) is 0 Å². The van der Waals surface area contributed by atoms with E-state index in [0.29, 0.717) is 0 Å². The molecule has 138 valence electrons. The first-order chi connectivity index (χ1) is 12.8. The van der Waals surface area contributed by atoms with Gasteiger partial charge < -0.3 is 4.90 Å². The molecule has 0 atom stereocenters. The van der Waals surface area contributed by atoms with E-state index in [4.69, 9.17) is 0 Å². The fraction of sp³-hybridized carbons (Fsp3) is 0.458. The summed E-state index contributed by atoms with van der Waals surface area (Å²) in [6.45, 7) is 5.54. The molecule has 0 N–H and O–H groups in total. The second-order valence-corrected chi connectivity index (χ2v) is 7.43. The molecule has 2 heteroatoms. The minimum absolute atomic E-state index is 0.785. The third-order valence-electron chi connectivity index (χ3n) is 5.40. The summed E-state index contributed by atoms with van der Waals surface area (Å²) in [6, 6.07) is 13.2. The molecular formula is C24H31NO. The number of aryl methyl sites for hydroxylation is 3. The Balaban J connectivity index is 1.96. The Morgan fingerprint density at radius 1 is 0.885 bits per heavy atom. The largest absolute Gasteiger partial charge is 0.341 e. The van der Waals surface area contributed by atoms with Gasteiger partial charge in [0.1, 0.15) is 6.29 Å². The maximum atomic E-state index is 11.2. The zero-order chi connectivity index (χ0) is 18.4. The summed E-state index contributed by atoms with van der Waals surface area (Å²) in [5.41, 5.74) is 7.63. The summed E-state index contributed by atoms with van der Waals surface area (Å²) in [5.74, 6) is 0. The molecule has 2 nitrogen and oxygen atoms in total. The van der Waals surface area contributed by atoms with Gasteiger partial charge in [0.2, 0.25) is 0 Å². The van der Waals surface area contributed by atoms with Crippen molar-refractivity contribution in [2.75, 3.05) is 11.4 Å². The lowest BCUT2D eigenvalue weighted by molar-refractivity contribution is 0.112. The first-order valence-corrected chi connectivity index (χ1v) is 10.2. The Morgan fingerprint density at radius 3 is 2.31 bits per heavy atom. The highest BCUT2D eigenvalue weighted by atomic mass is 16.1. The van der Waals surface area contributed by atoms with Gasteiger partial charge in [-0.3, -0.25) is 4.79 Å². The van der Waals surface area contributed by atoms with Crippen LogP contribution in [0.4, 0.5) is 11.4 Å². The van der Waals surface area contributed by atoms with Crippen LogP contribution in [-0.2, 0) is 19.3 Å². The van der Waals surface area contributed by atoms with E-state index in [0.717, 1.165) is 37.7 Å². The molecule has 0 saturated heterocycles. The first kappa shape index (κ1) is 18.7. The number of carbonyl (C=O) groups excluding carboxylic acids is 1. The van der Waals surface area contributed by atoms with E-state index in [9.17, 15) is 4.79 Å². The molecule has 0 unspecified atom stereocenters. The van der Waals surface area contributed by atoms with E-state index in [-0.39, 0.29) is 0 Å². The van der Waals surface area contributed by atoms with Crippen LogP contribution in [0.25, 0.3) is 0 Å². The number of fused-ring (bicyclic) bond motifs is 2. The van der Waals surface area contributed by atoms with Gasteiger partial charge in [-0.05, 0) is 66.6 Å². The first-order valence-electron chi connectivity index (χ1n) is 10.2. The molecule has 0 spiro atoms. The molecule has 2 aromatic rings. The van der Waals surface area contributed by atoms with Crippen molar-refractivity contribution in [2.45, 2.75) is 65.2 Å². The van der Waals surface area contributed by atoms with Gasteiger partial charge in [0.05, 0.1) is 0 Å². The number of hydrogen-bond donors (Lipinski definition) is 0. The molecule has 0 fully saturated rings. The van der Waals surface area contributed by atoms with Crippen LogP contribution in [0.3, 0.4) is 0 Å². The summed E-state index contributed by atoms with van der Waals surface area (Å²) < 4.78 is 0. The number of aldehydes is 1. The van der Waals surface area contributed by atoms with Gasteiger partial charge in [-0.2, -0.15) is 0 Å². The summed E-state index contributed by atoms with van der Waals surface area (Å²) in [6.07, 6.45) is 10.4. The second kappa shape index (κ2) is 9.02. The van der Waals surface area contributed by atoms with E-state index in [1.165, 1.54) is 60.2 Å². The second-order valence-electron chi connectivity index (χ2n) is 7.43. The SMILES string of the molecule is CCCCCCN1c2ccc(C=O)cc2CCc2cc(CCC)ccc21. The fourth-order valence-electron chi connectivity index (χ4n) is 4.03. The third-order valence-corrected chi connectivity index (χ3v) is 5.40. The van der Waals surface area contributed by atoms with Crippen molar-refractivity contribution < 1.29 is 4.79 Å². The molecule has 1 heterocycles. The number of benzene rings is 2. The maximum Gasteiger partial charge on any atom is 0.150 e. The highest BCUT2D eigenvalue weighted by Gasteiger charge is 2.21. The van der Waals surface area contributed by atoms with Crippen LogP contribution in [0.5, 0.6) is 0 Å². The van der Waals surface area contributed by atoms with E-state index < -0.39 is 0 Å². The van der Waals surface area contributed by atoms with Gasteiger partial charge in [-0.25, -0.2) is 0 Å². The lowest BCUT2D eigenvalue weighted by Crippen LogP contribution is -2.20. The predicted molar refractivity (Wildman–Crippen MR) is 111 cm³/mol. The van der Waals surface area contributed by atoms with E-state index in [1.54, 1.807) is 0 Å². The van der Waals surface area contributed by atoms with Crippen LogP contribution < -0.4 is 4.90 Å². The van der Waals surface area contributed by atoms with Crippen molar-refractivity contribution in [1.29, 1.82) is 0 Å². The van der Waals surface area contributed by atoms with Crippen LogP contribution in [0, 0.1) is 0 Å². The average molecular weight is 350 g/mol. The van der Waals surface area contributed by atoms with Crippen LogP contribution in [0.15, 0.2) is 36.4 Å². The normalized spacial score (nSPS) is 13.1. The number of hydrogen-bond acceptors (Lipinski definition) is 2. The van der Waals surface area contributed by atoms with Crippen LogP contribution in [0.1, 0.15) is 73.0 Å². The number of nitrogens with zero attached hydrogens (tertiary/aromatic N) is 1. The fourth-order valence-corrected chi connectivity index (χ4v) is 4.03. The lowest BCUT2D eigenvalue weighted by Gasteiger charge is -2.27. The Morgan fingerprint density at radius 2 is 1.62 bits per heavy atom. The summed E-state index contributed by atoms with van der Waals surface area (Å²) in [5, 5.41) is 0. The topological polar surface area (TPSA) is 20.3 Å². The Bertz CT molecular complexity index is 750. The van der Waals surface area contributed by atoms with Crippen molar-refractivity contribution >= 4 is 17.7 Å². The molecular weight excluding hydrogens is 318 g/mol. The highest BCUT2D eigenvalue weighted by Crippen LogP contribution is 2.37. The Hall–Kier alpha value is -2.09. The minimum atomic E-state index is 0.785. The quantitative estimate of drug-likeness (QED) is 0.413. The van der Waals surface area contributed by atoms with Crippen LogP contribution in [-0.4, -0.2) is 12.8 Å². The average Bonchev–Trinajstić information content (AvgIpc) is 2.82. The maximum absolute atomic E-state index is 11.2. The molecule has 1 aliphatic heterocycles. The Labute approximate surface area is 158 Å². The van der Waals surface area contributed by atoms with Crippen molar-refractivity contribution in [3.05, 3.63) is 58.7 Å². The predicted octanol–water partition coefficient (Wildman–Crippen LogP) is 6.27. The molecule has 0 amide bonds. The van der Waals surface area contributed by atoms with Gasteiger partial charge in [0.25, 0.3) is 0 Å². The van der Waals surface area contributed by atoms with Gasteiger partial charge in [-0.1, -0.05) is 51.7 Å². The smallest absolute Gasteiger partial charge is 0.150 e. The van der Waals surface area contributed by atoms with E-state index in [2.05, 4.69) is 49.1 Å². The standard InChI is InChI=1S/C24H31NO/c1-3-5-6-7-15-25-23-13-9-19(8-4-2)16-21(23)11-12-22-17-20(18-26)10-14-24(22)25/h9-10,13-14,16-18H,3-8,11-12,15H2,1-2H3. The molecule has 0 bridgehead atoms. The van der Waals surface area contributed by atoms with Crippen molar-refractivity contribution in [3.63, 3.8) is 0 Å². The molecule has 2 aromatic carbocycles. The summed E-state index contributed by atoms with van der Waals surface area (Å²) in [4.78, 5) is 13.7.